The molecule has 316 valence electrons. The molecule has 2 aliphatic heterocycles. The number of nitrogens with zero attached hydrogens (tertiary/aromatic N) is 3. The highest BCUT2D eigenvalue weighted by molar-refractivity contribution is 5.96. The smallest absolute Gasteiger partial charge is 0.324 e. The fourth-order valence-corrected chi connectivity index (χ4v) is 8.20. The minimum atomic E-state index is -1.17. The zero-order valence-electron chi connectivity index (χ0n) is 35.6. The predicted molar refractivity (Wildman–Crippen MR) is 224 cm³/mol. The van der Waals surface area contributed by atoms with E-state index >= 15 is 0 Å². The van der Waals surface area contributed by atoms with Gasteiger partial charge in [0.1, 0.15) is 23.9 Å². The Morgan fingerprint density at radius 2 is 1.88 bits per heavy atom. The van der Waals surface area contributed by atoms with Crippen LogP contribution in [0.15, 0.2) is 54.7 Å². The number of phenolic OH excluding ortho intramolecular Hbond substituents is 1. The van der Waals surface area contributed by atoms with Crippen LogP contribution in [0.2, 0.25) is 0 Å². The number of cyclic esters (lactones) is 1. The van der Waals surface area contributed by atoms with Gasteiger partial charge in [0.25, 0.3) is 5.91 Å². The Bertz CT molecular complexity index is 2230. The van der Waals surface area contributed by atoms with Crippen molar-refractivity contribution in [2.75, 3.05) is 27.4 Å². The summed E-state index contributed by atoms with van der Waals surface area (Å²) in [6.07, 6.45) is 2.99. The molecule has 3 amide bonds. The molecule has 2 aromatic heterocycles. The van der Waals surface area contributed by atoms with E-state index in [1.54, 1.807) is 39.3 Å². The van der Waals surface area contributed by atoms with E-state index in [0.717, 1.165) is 39.0 Å². The highest BCUT2D eigenvalue weighted by Crippen LogP contribution is 2.42. The van der Waals surface area contributed by atoms with Crippen LogP contribution in [0.5, 0.6) is 5.75 Å². The lowest BCUT2D eigenvalue weighted by atomic mass is 9.84. The number of nitrogens with one attached hydrogen (secondary N) is 3. The molecule has 4 aromatic rings. The molecule has 0 aliphatic carbocycles. The van der Waals surface area contributed by atoms with E-state index in [0.29, 0.717) is 36.9 Å². The van der Waals surface area contributed by atoms with Crippen LogP contribution in [0.3, 0.4) is 0 Å². The standard InChI is InChI=1S/C45H58N6O8/c1-10-50-37-16-15-29-23-33(37)34(39(50)32-13-11-17-46-38(32)26(2)57-8)24-44(4,5)25-59-43(56)35-14-12-18-51(49-35)42(55)36(21-28-19-30(29)22-31(53)20-28)48-41(54)40(47-27(3)52)45(6,7)58-9/h11,13,15-17,19-20,22-23,26,35-36,40,49,53H,10,12,14,18,21,24-25H2,1-9H3,(H,47,52)(H,48,54)/t26-,35-,36-,40+/m0/s1. The second-order valence-corrected chi connectivity index (χ2v) is 17.0. The summed E-state index contributed by atoms with van der Waals surface area (Å²) in [6.45, 7) is 13.9. The third-order valence-corrected chi connectivity index (χ3v) is 11.5. The van der Waals surface area contributed by atoms with Gasteiger partial charge in [0.15, 0.2) is 0 Å². The van der Waals surface area contributed by atoms with Crippen LogP contribution < -0.4 is 16.1 Å². The van der Waals surface area contributed by atoms with E-state index in [4.69, 9.17) is 19.2 Å². The lowest BCUT2D eigenvalue weighted by molar-refractivity contribution is -0.155. The third kappa shape index (κ3) is 9.29. The number of carbonyl (C=O) groups excluding carboxylic acids is 4. The van der Waals surface area contributed by atoms with E-state index in [2.05, 4.69) is 59.6 Å². The number of ether oxygens (including phenoxy) is 3. The Morgan fingerprint density at radius 1 is 1.12 bits per heavy atom. The van der Waals surface area contributed by atoms with E-state index in [-0.39, 0.29) is 31.4 Å². The van der Waals surface area contributed by atoms with Gasteiger partial charge in [-0.25, -0.2) is 5.43 Å². The molecule has 1 saturated heterocycles. The van der Waals surface area contributed by atoms with Crippen molar-refractivity contribution in [1.29, 1.82) is 0 Å². The molecule has 14 heteroatoms. The number of benzene rings is 2. The number of carbonyl (C=O) groups is 4. The average Bonchev–Trinajstić information content (AvgIpc) is 3.51. The fourth-order valence-electron chi connectivity index (χ4n) is 8.20. The summed E-state index contributed by atoms with van der Waals surface area (Å²) >= 11 is 0. The SMILES string of the molecule is CCn1c(-c2cccnc2[C@H](C)OC)c2c3cc(ccc31)-c1cc(O)cc(c1)C[C@H](NC(=O)[C@@H](NC(C)=O)C(C)(C)OC)C(=O)N1CCC[C@H](N1)C(=O)OCC(C)(C)C2. The normalized spacial score (nSPS) is 19.7. The molecule has 0 unspecified atom stereocenters. The maximum Gasteiger partial charge on any atom is 0.324 e. The topological polar surface area (TPSA) is 173 Å². The molecule has 4 atom stereocenters. The molecule has 14 nitrogen and oxygen atoms in total. The monoisotopic (exact) mass is 810 g/mol. The van der Waals surface area contributed by atoms with Crippen molar-refractivity contribution < 1.29 is 38.5 Å². The summed E-state index contributed by atoms with van der Waals surface area (Å²) in [6, 6.07) is 12.3. The Morgan fingerprint density at radius 3 is 2.58 bits per heavy atom. The molecule has 0 radical (unpaired) electrons. The number of fused-ring (bicyclic) bond motifs is 6. The number of hydrazine groups is 1. The van der Waals surface area contributed by atoms with Crippen LogP contribution in [0, 0.1) is 5.41 Å². The van der Waals surface area contributed by atoms with Gasteiger partial charge in [-0.1, -0.05) is 26.0 Å². The average molecular weight is 811 g/mol. The zero-order valence-corrected chi connectivity index (χ0v) is 35.6. The number of methoxy groups -OCH3 is 2. The summed E-state index contributed by atoms with van der Waals surface area (Å²) in [5.41, 5.74) is 8.38. The number of aromatic nitrogens is 2. The van der Waals surface area contributed by atoms with Gasteiger partial charge < -0.3 is 34.5 Å². The second-order valence-electron chi connectivity index (χ2n) is 17.0. The molecule has 6 bridgehead atoms. The Kier molecular flexibility index (Phi) is 12.8. The molecule has 59 heavy (non-hydrogen) atoms. The van der Waals surface area contributed by atoms with Crippen molar-refractivity contribution in [3.05, 3.63) is 71.5 Å². The van der Waals surface area contributed by atoms with Crippen molar-refractivity contribution in [2.45, 2.75) is 111 Å². The Hall–Kier alpha value is -5.31. The number of hydrogen-bond acceptors (Lipinski definition) is 10. The molecule has 1 fully saturated rings. The first-order valence-corrected chi connectivity index (χ1v) is 20.3. The predicted octanol–water partition coefficient (Wildman–Crippen LogP) is 5.38. The molecule has 2 aromatic carbocycles. The molecule has 4 N–H and O–H groups in total. The van der Waals surface area contributed by atoms with E-state index in [9.17, 15) is 24.3 Å². The van der Waals surface area contributed by atoms with Crippen LogP contribution in [-0.4, -0.2) is 94.5 Å². The third-order valence-electron chi connectivity index (χ3n) is 11.5. The number of aryl methyl sites for hydroxylation is 1. The van der Waals surface area contributed by atoms with Crippen LogP contribution in [0.1, 0.15) is 84.2 Å². The van der Waals surface area contributed by atoms with Crippen LogP contribution in [0.25, 0.3) is 33.3 Å². The van der Waals surface area contributed by atoms with Crippen molar-refractivity contribution in [3.8, 4) is 28.1 Å². The summed E-state index contributed by atoms with van der Waals surface area (Å²) in [5.74, 6) is -2.06. The molecular formula is C45H58N6O8. The molecule has 2 aliphatic rings. The van der Waals surface area contributed by atoms with Gasteiger partial charge in [0, 0.05) is 68.7 Å². The lowest BCUT2D eigenvalue weighted by Gasteiger charge is -2.37. The number of rotatable bonds is 9. The highest BCUT2D eigenvalue weighted by Gasteiger charge is 2.40. The number of amides is 3. The van der Waals surface area contributed by atoms with Gasteiger partial charge in [-0.3, -0.25) is 29.2 Å². The molecule has 0 saturated carbocycles. The van der Waals surface area contributed by atoms with Gasteiger partial charge in [-0.05, 0) is 106 Å². The summed E-state index contributed by atoms with van der Waals surface area (Å²) < 4.78 is 19.7. The van der Waals surface area contributed by atoms with Crippen molar-refractivity contribution >= 4 is 34.6 Å². The van der Waals surface area contributed by atoms with Crippen LogP contribution >= 0.6 is 0 Å². The zero-order chi connectivity index (χ0) is 42.8. The Labute approximate surface area is 346 Å². The van der Waals surface area contributed by atoms with E-state index in [1.807, 2.05) is 25.1 Å². The quantitative estimate of drug-likeness (QED) is 0.161. The summed E-state index contributed by atoms with van der Waals surface area (Å²) in [5, 5.41) is 19.1. The largest absolute Gasteiger partial charge is 0.508 e. The number of hydrogen-bond donors (Lipinski definition) is 4. The first-order valence-electron chi connectivity index (χ1n) is 20.3. The van der Waals surface area contributed by atoms with Crippen LogP contribution in [-0.2, 0) is 52.8 Å². The first-order chi connectivity index (χ1) is 28.0. The Balaban J connectivity index is 1.53. The summed E-state index contributed by atoms with van der Waals surface area (Å²) in [4.78, 5) is 59.3. The number of esters is 1. The fraction of sp³-hybridized carbons (Fsp3) is 0.489. The first kappa shape index (κ1) is 43.3. The van der Waals surface area contributed by atoms with Gasteiger partial charge in [0.05, 0.1) is 29.7 Å². The summed E-state index contributed by atoms with van der Waals surface area (Å²) in [7, 11) is 3.11. The number of aromatic hydroxyl groups is 1. The number of phenols is 1. The van der Waals surface area contributed by atoms with Crippen molar-refractivity contribution in [3.63, 3.8) is 0 Å². The van der Waals surface area contributed by atoms with Crippen molar-refractivity contribution in [2.24, 2.45) is 5.41 Å². The van der Waals surface area contributed by atoms with Gasteiger partial charge in [-0.2, -0.15) is 0 Å². The van der Waals surface area contributed by atoms with Crippen LogP contribution in [0.4, 0.5) is 0 Å². The molecule has 4 heterocycles. The van der Waals surface area contributed by atoms with Gasteiger partial charge in [0.2, 0.25) is 11.8 Å². The van der Waals surface area contributed by atoms with Gasteiger partial charge in [-0.15, -0.1) is 0 Å². The maximum atomic E-state index is 14.4. The van der Waals surface area contributed by atoms with Gasteiger partial charge >= 0.3 is 5.97 Å². The van der Waals surface area contributed by atoms with E-state index < -0.39 is 52.8 Å². The minimum Gasteiger partial charge on any atom is -0.508 e. The maximum absolute atomic E-state index is 14.4. The lowest BCUT2D eigenvalue weighted by Crippen LogP contribution is -2.64. The number of pyridine rings is 1. The molecule has 0 spiro atoms. The molecule has 6 rings (SSSR count). The molecular weight excluding hydrogens is 753 g/mol. The highest BCUT2D eigenvalue weighted by atomic mass is 16.5. The van der Waals surface area contributed by atoms with E-state index in [1.165, 1.54) is 19.0 Å². The minimum absolute atomic E-state index is 0.0122. The second kappa shape index (κ2) is 17.5. The van der Waals surface area contributed by atoms with Crippen molar-refractivity contribution in [1.82, 2.24) is 30.6 Å².